The average Bonchev–Trinajstić information content (AvgIpc) is 2.63. The zero-order chi connectivity index (χ0) is 18.8. The largest absolute Gasteiger partial charge is 0.491 e. The van der Waals surface area contributed by atoms with Crippen molar-refractivity contribution in [2.75, 3.05) is 6.61 Å². The molecule has 0 amide bonds. The molecule has 0 radical (unpaired) electrons. The Balaban J connectivity index is 1.93. The first kappa shape index (κ1) is 20.5. The second-order valence-electron chi connectivity index (χ2n) is 6.92. The van der Waals surface area contributed by atoms with Gasteiger partial charge in [0, 0.05) is 6.42 Å². The SMILES string of the molecule is CCCCCCCCCCc1cc2ccc(OCCC)c(F)c2c(=O)o1. The number of hydrogen-bond donors (Lipinski definition) is 0. The van der Waals surface area contributed by atoms with Gasteiger partial charge in [-0.2, -0.15) is 0 Å². The third-order valence-electron chi connectivity index (χ3n) is 4.62. The van der Waals surface area contributed by atoms with Gasteiger partial charge >= 0.3 is 5.63 Å². The zero-order valence-corrected chi connectivity index (χ0v) is 16.1. The lowest BCUT2D eigenvalue weighted by atomic mass is 10.1. The van der Waals surface area contributed by atoms with Gasteiger partial charge in [0.1, 0.15) is 11.1 Å². The molecule has 0 aliphatic heterocycles. The van der Waals surface area contributed by atoms with Gasteiger partial charge in [0.05, 0.1) is 6.61 Å². The van der Waals surface area contributed by atoms with E-state index in [2.05, 4.69) is 6.92 Å². The van der Waals surface area contributed by atoms with E-state index in [9.17, 15) is 9.18 Å². The lowest BCUT2D eigenvalue weighted by Gasteiger charge is -2.08. The molecule has 3 nitrogen and oxygen atoms in total. The molecular weight excluding hydrogens is 331 g/mol. The predicted octanol–water partition coefficient (Wildman–Crippen LogP) is 6.40. The monoisotopic (exact) mass is 362 g/mol. The molecule has 26 heavy (non-hydrogen) atoms. The van der Waals surface area contributed by atoms with E-state index in [0.29, 0.717) is 17.8 Å². The molecule has 2 aromatic rings. The Hall–Kier alpha value is -1.84. The molecule has 1 aromatic carbocycles. The number of aryl methyl sites for hydroxylation is 1. The minimum atomic E-state index is -0.622. The number of ether oxygens (including phenoxy) is 1. The Morgan fingerprint density at radius 1 is 0.962 bits per heavy atom. The van der Waals surface area contributed by atoms with Crippen LogP contribution in [0.3, 0.4) is 0 Å². The van der Waals surface area contributed by atoms with Crippen LogP contribution >= 0.6 is 0 Å². The first-order valence-electron chi connectivity index (χ1n) is 10.0. The van der Waals surface area contributed by atoms with Crippen molar-refractivity contribution in [3.8, 4) is 5.75 Å². The van der Waals surface area contributed by atoms with Crippen LogP contribution in [0.5, 0.6) is 5.75 Å². The third kappa shape index (κ3) is 5.86. The fourth-order valence-electron chi connectivity index (χ4n) is 3.15. The van der Waals surface area contributed by atoms with Crippen molar-refractivity contribution in [2.45, 2.75) is 78.1 Å². The number of hydrogen-bond acceptors (Lipinski definition) is 3. The maximum absolute atomic E-state index is 14.5. The van der Waals surface area contributed by atoms with E-state index in [-0.39, 0.29) is 11.1 Å². The molecule has 0 aliphatic carbocycles. The van der Waals surface area contributed by atoms with Gasteiger partial charge in [0.15, 0.2) is 11.6 Å². The van der Waals surface area contributed by atoms with E-state index in [1.807, 2.05) is 6.92 Å². The van der Waals surface area contributed by atoms with E-state index in [1.54, 1.807) is 18.2 Å². The molecule has 0 N–H and O–H groups in total. The highest BCUT2D eigenvalue weighted by molar-refractivity contribution is 5.83. The van der Waals surface area contributed by atoms with Gasteiger partial charge in [0.25, 0.3) is 0 Å². The van der Waals surface area contributed by atoms with E-state index >= 15 is 0 Å². The fraction of sp³-hybridized carbons (Fsp3) is 0.591. The normalized spacial score (nSPS) is 11.2. The quantitative estimate of drug-likeness (QED) is 0.410. The van der Waals surface area contributed by atoms with E-state index in [1.165, 1.54) is 38.5 Å². The molecule has 0 saturated heterocycles. The molecule has 1 heterocycles. The lowest BCUT2D eigenvalue weighted by Crippen LogP contribution is -2.06. The lowest BCUT2D eigenvalue weighted by molar-refractivity contribution is 0.302. The smallest absolute Gasteiger partial charge is 0.346 e. The van der Waals surface area contributed by atoms with Gasteiger partial charge in [-0.05, 0) is 30.4 Å². The van der Waals surface area contributed by atoms with Gasteiger partial charge in [0.2, 0.25) is 0 Å². The Morgan fingerprint density at radius 3 is 2.35 bits per heavy atom. The number of fused-ring (bicyclic) bond motifs is 1. The molecule has 2 rings (SSSR count). The number of benzene rings is 1. The Bertz CT molecular complexity index is 736. The summed E-state index contributed by atoms with van der Waals surface area (Å²) in [7, 11) is 0. The average molecular weight is 362 g/mol. The van der Waals surface area contributed by atoms with Crippen molar-refractivity contribution in [3.05, 3.63) is 40.2 Å². The Morgan fingerprint density at radius 2 is 1.65 bits per heavy atom. The Kier molecular flexibility index (Phi) is 8.66. The molecule has 0 unspecified atom stereocenters. The fourth-order valence-corrected chi connectivity index (χ4v) is 3.15. The van der Waals surface area contributed by atoms with Gasteiger partial charge < -0.3 is 9.15 Å². The third-order valence-corrected chi connectivity index (χ3v) is 4.62. The number of halogens is 1. The van der Waals surface area contributed by atoms with Crippen LogP contribution < -0.4 is 10.4 Å². The van der Waals surface area contributed by atoms with Crippen LogP contribution in [0, 0.1) is 5.82 Å². The van der Waals surface area contributed by atoms with Crippen molar-refractivity contribution in [1.82, 2.24) is 0 Å². The highest BCUT2D eigenvalue weighted by Gasteiger charge is 2.14. The van der Waals surface area contributed by atoms with Crippen LogP contribution in [0.4, 0.5) is 4.39 Å². The molecule has 1 aromatic heterocycles. The highest BCUT2D eigenvalue weighted by atomic mass is 19.1. The standard InChI is InChI=1S/C22H31FO3/c1-3-5-6-7-8-9-10-11-12-18-16-17-13-14-19(25-15-4-2)21(23)20(17)22(24)26-18/h13-14,16H,3-12,15H2,1-2H3. The minimum absolute atomic E-state index is 0.0155. The second kappa shape index (κ2) is 11.0. The summed E-state index contributed by atoms with van der Waals surface area (Å²) in [5, 5.41) is 0.565. The second-order valence-corrected chi connectivity index (χ2v) is 6.92. The van der Waals surface area contributed by atoms with Crippen molar-refractivity contribution < 1.29 is 13.5 Å². The Labute approximate surface area is 155 Å². The molecule has 0 spiro atoms. The van der Waals surface area contributed by atoms with Crippen LogP contribution in [0.25, 0.3) is 10.8 Å². The molecular formula is C22H31FO3. The van der Waals surface area contributed by atoms with E-state index in [4.69, 9.17) is 9.15 Å². The molecule has 144 valence electrons. The maximum Gasteiger partial charge on any atom is 0.346 e. The van der Waals surface area contributed by atoms with Crippen LogP contribution in [-0.4, -0.2) is 6.61 Å². The van der Waals surface area contributed by atoms with Crippen LogP contribution in [0.15, 0.2) is 27.4 Å². The molecule has 4 heteroatoms. The van der Waals surface area contributed by atoms with Gasteiger partial charge in [-0.1, -0.05) is 64.9 Å². The van der Waals surface area contributed by atoms with Crippen molar-refractivity contribution >= 4 is 10.8 Å². The van der Waals surface area contributed by atoms with E-state index in [0.717, 1.165) is 25.7 Å². The summed E-state index contributed by atoms with van der Waals surface area (Å²) in [6, 6.07) is 5.11. The van der Waals surface area contributed by atoms with Gasteiger partial charge in [-0.15, -0.1) is 0 Å². The van der Waals surface area contributed by atoms with Crippen molar-refractivity contribution in [3.63, 3.8) is 0 Å². The maximum atomic E-state index is 14.5. The van der Waals surface area contributed by atoms with E-state index < -0.39 is 11.4 Å². The predicted molar refractivity (Wildman–Crippen MR) is 105 cm³/mol. The minimum Gasteiger partial charge on any atom is -0.491 e. The molecule has 0 aliphatic rings. The molecule has 0 atom stereocenters. The first-order chi connectivity index (χ1) is 12.7. The van der Waals surface area contributed by atoms with Gasteiger partial charge in [-0.3, -0.25) is 0 Å². The summed E-state index contributed by atoms with van der Waals surface area (Å²) in [5.41, 5.74) is -0.614. The summed E-state index contributed by atoms with van der Waals surface area (Å²) in [5.74, 6) is 0.126. The summed E-state index contributed by atoms with van der Waals surface area (Å²) < 4.78 is 25.2. The van der Waals surface area contributed by atoms with Gasteiger partial charge in [-0.25, -0.2) is 9.18 Å². The van der Waals surface area contributed by atoms with Crippen LogP contribution in [0.2, 0.25) is 0 Å². The van der Waals surface area contributed by atoms with Crippen LogP contribution in [0.1, 0.15) is 77.4 Å². The summed E-state index contributed by atoms with van der Waals surface area (Å²) in [6.07, 6.45) is 11.3. The molecule has 0 saturated carbocycles. The zero-order valence-electron chi connectivity index (χ0n) is 16.1. The molecule has 0 fully saturated rings. The summed E-state index contributed by atoms with van der Waals surface area (Å²) in [4.78, 5) is 12.2. The molecule has 0 bridgehead atoms. The summed E-state index contributed by atoms with van der Waals surface area (Å²) in [6.45, 7) is 4.59. The summed E-state index contributed by atoms with van der Waals surface area (Å²) >= 11 is 0. The highest BCUT2D eigenvalue weighted by Crippen LogP contribution is 2.25. The number of unbranched alkanes of at least 4 members (excludes halogenated alkanes) is 7. The number of rotatable bonds is 12. The van der Waals surface area contributed by atoms with Crippen LogP contribution in [-0.2, 0) is 6.42 Å². The van der Waals surface area contributed by atoms with Crippen molar-refractivity contribution in [1.29, 1.82) is 0 Å². The first-order valence-corrected chi connectivity index (χ1v) is 10.0. The van der Waals surface area contributed by atoms with Crippen molar-refractivity contribution in [2.24, 2.45) is 0 Å². The topological polar surface area (TPSA) is 39.4 Å².